The lowest BCUT2D eigenvalue weighted by Gasteiger charge is -2.21. The summed E-state index contributed by atoms with van der Waals surface area (Å²) in [7, 11) is 0. The molecule has 0 aliphatic rings. The first-order valence-electron chi connectivity index (χ1n) is 32.8. The fraction of sp³-hybridized carbons (Fsp3) is 0.133. The van der Waals surface area contributed by atoms with Crippen molar-refractivity contribution in [1.29, 1.82) is 0 Å². The molecular formula is C83H74N8O8. The average molecular weight is 1310 g/mol. The number of amides is 6. The van der Waals surface area contributed by atoms with Gasteiger partial charge in [-0.15, -0.1) is 0 Å². The molecule has 8 N–H and O–H groups in total. The number of para-hydroxylation sites is 1. The van der Waals surface area contributed by atoms with E-state index in [1.807, 2.05) is 152 Å². The van der Waals surface area contributed by atoms with Gasteiger partial charge in [-0.05, 0) is 148 Å². The molecule has 0 fully saturated rings. The van der Waals surface area contributed by atoms with Gasteiger partial charge in [-0.25, -0.2) is 0 Å². The van der Waals surface area contributed by atoms with E-state index in [0.29, 0.717) is 77.0 Å². The van der Waals surface area contributed by atoms with Crippen LogP contribution >= 0.6 is 0 Å². The second-order valence-electron chi connectivity index (χ2n) is 23.8. The number of nitrogens with one attached hydrogen (secondary N) is 6. The Balaban J connectivity index is 0.000000210. The van der Waals surface area contributed by atoms with E-state index in [2.05, 4.69) is 78.3 Å². The zero-order valence-electron chi connectivity index (χ0n) is 54.3. The van der Waals surface area contributed by atoms with Gasteiger partial charge in [-0.3, -0.25) is 38.7 Å². The van der Waals surface area contributed by atoms with Crippen molar-refractivity contribution in [2.75, 3.05) is 18.4 Å². The van der Waals surface area contributed by atoms with Gasteiger partial charge in [-0.2, -0.15) is 0 Å². The van der Waals surface area contributed by atoms with Crippen molar-refractivity contribution in [2.24, 2.45) is 0 Å². The van der Waals surface area contributed by atoms with Gasteiger partial charge in [0.15, 0.2) is 0 Å². The van der Waals surface area contributed by atoms with Crippen molar-refractivity contribution in [2.45, 2.75) is 56.7 Å². The van der Waals surface area contributed by atoms with Gasteiger partial charge in [0.05, 0.1) is 6.42 Å². The number of rotatable bonds is 25. The quantitative estimate of drug-likeness (QED) is 0.0269. The highest BCUT2D eigenvalue weighted by Crippen LogP contribution is 2.33. The van der Waals surface area contributed by atoms with Crippen molar-refractivity contribution in [3.8, 4) is 44.9 Å². The van der Waals surface area contributed by atoms with E-state index in [9.17, 15) is 39.0 Å². The van der Waals surface area contributed by atoms with Crippen LogP contribution in [-0.2, 0) is 32.1 Å². The molecule has 12 rings (SSSR count). The maximum absolute atomic E-state index is 13.9. The minimum absolute atomic E-state index is 0.0293. The van der Waals surface area contributed by atoms with Crippen LogP contribution < -0.4 is 31.9 Å². The maximum atomic E-state index is 13.9. The Morgan fingerprint density at radius 3 is 1.41 bits per heavy atom. The summed E-state index contributed by atoms with van der Waals surface area (Å²) >= 11 is 0. The van der Waals surface area contributed by atoms with Gasteiger partial charge >= 0.3 is 0 Å². The Labute approximate surface area is 574 Å². The van der Waals surface area contributed by atoms with Crippen LogP contribution in [0.5, 0.6) is 11.5 Å². The fourth-order valence-corrected chi connectivity index (χ4v) is 11.7. The van der Waals surface area contributed by atoms with Crippen LogP contribution in [0.4, 0.5) is 5.69 Å². The minimum Gasteiger partial charge on any atom is -0.506 e. The first-order chi connectivity index (χ1) is 48.4. The molecule has 12 aromatic rings. The molecule has 99 heavy (non-hydrogen) atoms. The summed E-state index contributed by atoms with van der Waals surface area (Å²) in [5.41, 5.74) is 11.6. The number of aromatic nitrogens is 2. The number of pyridine rings is 2. The van der Waals surface area contributed by atoms with Crippen molar-refractivity contribution in [3.05, 3.63) is 319 Å². The Bertz CT molecular complexity index is 4700. The molecule has 0 saturated heterocycles. The Morgan fingerprint density at radius 2 is 0.859 bits per heavy atom. The Kier molecular flexibility index (Phi) is 23.1. The lowest BCUT2D eigenvalue weighted by atomic mass is 9.88. The number of hydrogen-bond donors (Lipinski definition) is 8. The zero-order valence-corrected chi connectivity index (χ0v) is 54.3. The van der Waals surface area contributed by atoms with Crippen LogP contribution in [-0.4, -0.2) is 80.8 Å². The standard InChI is InChI=1S/C49H44N4O4.C34H30N4O4/c54-45-32-42(31-40-20-11-28-50-47(40)45)39-18-10-19-41(30-39)48(56)53-44(25-26-46(55)52-33-34-21-23-36(24-22-34)35-12-4-1-5-13-35)49(57)51-29-27-43(37-14-6-2-7-15-37)38-16-8-3-9-17-38;39-30-21-27(20-25-13-8-17-35-32(25)30)24-11-7-12-26(19-24)33(41)38-29(22-31(40)37-28-14-5-2-6-15-28)34(42)36-18-16-23-9-3-1-4-10-23/h1-24,28,30-32,43-44,54H,25-27,29,33H2,(H,51,57)(H,52,55)(H,53,56);1-15,17,19-21,29,39H,16,18,22H2,(H,36,42)(H,37,40)(H,38,41). The third kappa shape index (κ3) is 18.9. The number of anilines is 1. The normalized spacial score (nSPS) is 11.5. The highest BCUT2D eigenvalue weighted by Gasteiger charge is 2.27. The largest absolute Gasteiger partial charge is 0.506 e. The topological polar surface area (TPSA) is 241 Å². The molecule has 2 atom stereocenters. The van der Waals surface area contributed by atoms with Crippen molar-refractivity contribution < 1.29 is 39.0 Å². The third-order valence-electron chi connectivity index (χ3n) is 16.9. The average Bonchev–Trinajstić information content (AvgIpc) is 0.818. The summed E-state index contributed by atoms with van der Waals surface area (Å²) in [4.78, 5) is 88.7. The molecule has 0 spiro atoms. The smallest absolute Gasteiger partial charge is 0.251 e. The van der Waals surface area contributed by atoms with Gasteiger partial charge in [0, 0.05) is 72.0 Å². The van der Waals surface area contributed by atoms with E-state index in [-0.39, 0.29) is 48.5 Å². The summed E-state index contributed by atoms with van der Waals surface area (Å²) in [5, 5.41) is 40.0. The second kappa shape index (κ2) is 33.7. The predicted octanol–water partition coefficient (Wildman–Crippen LogP) is 13.9. The van der Waals surface area contributed by atoms with E-state index < -0.39 is 35.7 Å². The van der Waals surface area contributed by atoms with E-state index in [1.54, 1.807) is 97.3 Å². The van der Waals surface area contributed by atoms with Gasteiger partial charge in [-0.1, -0.05) is 200 Å². The number of carbonyl (C=O) groups is 6. The van der Waals surface area contributed by atoms with Crippen molar-refractivity contribution in [3.63, 3.8) is 0 Å². The predicted molar refractivity (Wildman–Crippen MR) is 388 cm³/mol. The Hall–Kier alpha value is -12.6. The first-order valence-corrected chi connectivity index (χ1v) is 32.8. The monoisotopic (exact) mass is 1310 g/mol. The van der Waals surface area contributed by atoms with Crippen LogP contribution in [0.2, 0.25) is 0 Å². The minimum atomic E-state index is -1.10. The molecule has 6 amide bonds. The van der Waals surface area contributed by atoms with Crippen LogP contribution in [0, 0.1) is 0 Å². The number of carbonyl (C=O) groups excluding carboxylic acids is 6. The molecule has 0 aliphatic heterocycles. The number of nitrogens with zero attached hydrogens (tertiary/aromatic N) is 2. The molecule has 0 bridgehead atoms. The highest BCUT2D eigenvalue weighted by molar-refractivity contribution is 6.02. The number of fused-ring (bicyclic) bond motifs is 2. The molecular weight excluding hydrogens is 1240 g/mol. The third-order valence-corrected chi connectivity index (χ3v) is 16.9. The molecule has 2 unspecified atom stereocenters. The van der Waals surface area contributed by atoms with E-state index in [4.69, 9.17) is 0 Å². The second-order valence-corrected chi connectivity index (χ2v) is 23.8. The lowest BCUT2D eigenvalue weighted by molar-refractivity contribution is -0.126. The molecule has 16 nitrogen and oxygen atoms in total. The Morgan fingerprint density at radius 1 is 0.384 bits per heavy atom. The van der Waals surface area contributed by atoms with Crippen LogP contribution in [0.1, 0.15) is 74.6 Å². The summed E-state index contributed by atoms with van der Waals surface area (Å²) in [5.74, 6) is -2.27. The molecule has 0 saturated carbocycles. The molecule has 2 aromatic heterocycles. The SMILES string of the molecule is O=C(CC(NC(=O)c1cccc(-c2cc(O)c3ncccc3c2)c1)C(=O)NCCc1ccccc1)Nc1ccccc1.O=C(CCC(NC(=O)c1cccc(-c2cc(O)c3ncccc3c2)c1)C(=O)NCCC(c1ccccc1)c1ccccc1)NCc1ccc(-c2ccccc2)cc1. The first kappa shape index (κ1) is 67.8. The molecule has 494 valence electrons. The number of benzene rings is 10. The summed E-state index contributed by atoms with van der Waals surface area (Å²) < 4.78 is 0. The summed E-state index contributed by atoms with van der Waals surface area (Å²) in [6.45, 7) is 1.05. The molecule has 16 heteroatoms. The van der Waals surface area contributed by atoms with Gasteiger partial charge in [0.2, 0.25) is 23.6 Å². The fourth-order valence-electron chi connectivity index (χ4n) is 11.7. The number of hydrogen-bond acceptors (Lipinski definition) is 10. The van der Waals surface area contributed by atoms with Crippen molar-refractivity contribution in [1.82, 2.24) is 36.6 Å². The summed E-state index contributed by atoms with van der Waals surface area (Å²) in [6, 6.07) is 83.2. The van der Waals surface area contributed by atoms with Crippen LogP contribution in [0.15, 0.2) is 285 Å². The summed E-state index contributed by atoms with van der Waals surface area (Å²) in [6.07, 6.45) is 4.37. The van der Waals surface area contributed by atoms with Crippen LogP contribution in [0.25, 0.3) is 55.2 Å². The van der Waals surface area contributed by atoms with Crippen LogP contribution in [0.3, 0.4) is 0 Å². The highest BCUT2D eigenvalue weighted by atomic mass is 16.3. The number of phenolic OH excluding ortho intramolecular Hbond substituents is 2. The maximum Gasteiger partial charge on any atom is 0.251 e. The number of aromatic hydroxyl groups is 2. The van der Waals surface area contributed by atoms with Gasteiger partial charge < -0.3 is 42.1 Å². The van der Waals surface area contributed by atoms with Gasteiger partial charge in [0.1, 0.15) is 34.6 Å². The molecule has 0 aliphatic carbocycles. The van der Waals surface area contributed by atoms with Gasteiger partial charge in [0.25, 0.3) is 11.8 Å². The van der Waals surface area contributed by atoms with E-state index >= 15 is 0 Å². The molecule has 0 radical (unpaired) electrons. The van der Waals surface area contributed by atoms with E-state index in [0.717, 1.165) is 49.7 Å². The van der Waals surface area contributed by atoms with Crippen molar-refractivity contribution >= 4 is 62.9 Å². The zero-order chi connectivity index (χ0) is 68.7. The lowest BCUT2D eigenvalue weighted by Crippen LogP contribution is -2.48. The molecule has 10 aromatic carbocycles. The molecule has 2 heterocycles. The van der Waals surface area contributed by atoms with E-state index in [1.165, 1.54) is 0 Å². The number of phenols is 2.